The number of para-hydroxylation sites is 1. The van der Waals surface area contributed by atoms with Gasteiger partial charge in [0.15, 0.2) is 0 Å². The largest absolute Gasteiger partial charge is 0.458 e. The van der Waals surface area contributed by atoms with Gasteiger partial charge in [-0.05, 0) is 67.5 Å². The molecule has 3 nitrogen and oxygen atoms in total. The number of anilines is 2. The Morgan fingerprint density at radius 1 is 0.439 bits per heavy atom. The Morgan fingerprint density at radius 2 is 1.05 bits per heavy atom. The number of rotatable bonds is 1. The number of fused-ring (bicyclic) bond motifs is 14. The van der Waals surface area contributed by atoms with E-state index >= 15 is 0 Å². The molecule has 0 bridgehead atoms. The molecule has 3 heterocycles. The Labute approximate surface area is 238 Å². The van der Waals surface area contributed by atoms with Crippen molar-refractivity contribution in [2.24, 2.45) is 0 Å². The molecule has 0 amide bonds. The van der Waals surface area contributed by atoms with Gasteiger partial charge in [0.2, 0.25) is 0 Å². The second kappa shape index (κ2) is 7.81. The molecule has 0 radical (unpaired) electrons. The van der Waals surface area contributed by atoms with Gasteiger partial charge in [0, 0.05) is 5.46 Å². The SMILES string of the molecule is c1ccc(B2c3c(ccc4c5ccccc5c5ccccc5c34)N3c4cccc5c4B(c4ccccc4O5)N23)cc1. The van der Waals surface area contributed by atoms with Crippen molar-refractivity contribution in [3.05, 3.63) is 133 Å². The second-order valence-corrected chi connectivity index (χ2v) is 11.2. The van der Waals surface area contributed by atoms with Gasteiger partial charge < -0.3 is 4.74 Å². The lowest BCUT2D eigenvalue weighted by molar-refractivity contribution is 0.487. The van der Waals surface area contributed by atoms with Crippen molar-refractivity contribution >= 4 is 79.2 Å². The third kappa shape index (κ3) is 2.69. The summed E-state index contributed by atoms with van der Waals surface area (Å²) in [5.74, 6) is 1.89. The van der Waals surface area contributed by atoms with Crippen LogP contribution >= 0.6 is 0 Å². The van der Waals surface area contributed by atoms with Crippen molar-refractivity contribution in [2.75, 3.05) is 5.01 Å². The van der Waals surface area contributed by atoms with E-state index in [2.05, 4.69) is 143 Å². The number of ether oxygens (including phenoxy) is 1. The summed E-state index contributed by atoms with van der Waals surface area (Å²) in [5, 5.41) is 10.3. The molecule has 0 saturated heterocycles. The molecule has 188 valence electrons. The van der Waals surface area contributed by atoms with E-state index in [1.165, 1.54) is 65.5 Å². The molecule has 3 aliphatic heterocycles. The summed E-state index contributed by atoms with van der Waals surface area (Å²) in [4.78, 5) is 2.61. The third-order valence-electron chi connectivity index (χ3n) is 9.28. The summed E-state index contributed by atoms with van der Waals surface area (Å²) in [6.45, 7) is 0.0707. The minimum absolute atomic E-state index is 0.0240. The minimum atomic E-state index is 0.0240. The van der Waals surface area contributed by atoms with Gasteiger partial charge in [0.05, 0.1) is 11.4 Å². The summed E-state index contributed by atoms with van der Waals surface area (Å²) in [5.41, 5.74) is 7.57. The number of nitrogens with zero attached hydrogens (tertiary/aromatic N) is 2. The highest BCUT2D eigenvalue weighted by Crippen LogP contribution is 2.45. The third-order valence-corrected chi connectivity index (χ3v) is 9.28. The van der Waals surface area contributed by atoms with E-state index in [1.54, 1.807) is 0 Å². The van der Waals surface area contributed by atoms with Gasteiger partial charge in [-0.2, -0.15) is 0 Å². The van der Waals surface area contributed by atoms with Crippen LogP contribution in [-0.4, -0.2) is 18.5 Å². The quantitative estimate of drug-likeness (QED) is 0.200. The molecule has 0 atom stereocenters. The molecule has 3 aliphatic rings. The molecule has 10 rings (SSSR count). The van der Waals surface area contributed by atoms with Crippen LogP contribution in [0.25, 0.3) is 32.3 Å². The zero-order chi connectivity index (χ0) is 26.7. The second-order valence-electron chi connectivity index (χ2n) is 11.2. The molecular formula is C36H22B2N2O. The molecule has 41 heavy (non-hydrogen) atoms. The van der Waals surface area contributed by atoms with Gasteiger partial charge in [-0.15, -0.1) is 0 Å². The van der Waals surface area contributed by atoms with E-state index in [9.17, 15) is 0 Å². The number of hydrogen-bond donors (Lipinski definition) is 0. The zero-order valence-electron chi connectivity index (χ0n) is 22.2. The molecule has 0 N–H and O–H groups in total. The summed E-state index contributed by atoms with van der Waals surface area (Å²) in [7, 11) is 0. The van der Waals surface area contributed by atoms with E-state index in [0.29, 0.717) is 0 Å². The minimum Gasteiger partial charge on any atom is -0.458 e. The Bertz CT molecular complexity index is 2200. The van der Waals surface area contributed by atoms with E-state index < -0.39 is 0 Å². The smallest absolute Gasteiger partial charge is 0.310 e. The zero-order valence-corrected chi connectivity index (χ0v) is 22.2. The molecule has 0 aliphatic carbocycles. The Balaban J connectivity index is 1.38. The first-order valence-corrected chi connectivity index (χ1v) is 14.3. The molecule has 0 saturated carbocycles. The van der Waals surface area contributed by atoms with Crippen molar-refractivity contribution in [3.8, 4) is 11.5 Å². The Morgan fingerprint density at radius 3 is 1.85 bits per heavy atom. The van der Waals surface area contributed by atoms with Crippen LogP contribution in [0.2, 0.25) is 0 Å². The predicted molar refractivity (Wildman–Crippen MR) is 172 cm³/mol. The fourth-order valence-corrected chi connectivity index (χ4v) is 7.75. The normalized spacial score (nSPS) is 14.8. The Hall–Kier alpha value is -4.99. The van der Waals surface area contributed by atoms with Crippen LogP contribution in [0, 0.1) is 0 Å². The maximum atomic E-state index is 6.49. The number of hydrazine groups is 1. The van der Waals surface area contributed by atoms with E-state index in [4.69, 9.17) is 4.74 Å². The van der Waals surface area contributed by atoms with Gasteiger partial charge in [-0.25, -0.2) is 0 Å². The molecule has 0 fully saturated rings. The van der Waals surface area contributed by atoms with Crippen LogP contribution in [0.3, 0.4) is 0 Å². The average Bonchev–Trinajstić information content (AvgIpc) is 3.56. The highest BCUT2D eigenvalue weighted by molar-refractivity contribution is 7.02. The maximum Gasteiger partial charge on any atom is 0.310 e. The monoisotopic (exact) mass is 520 g/mol. The van der Waals surface area contributed by atoms with E-state index in [1.807, 2.05) is 0 Å². The van der Waals surface area contributed by atoms with Gasteiger partial charge in [0.25, 0.3) is 0 Å². The van der Waals surface area contributed by atoms with Crippen molar-refractivity contribution < 1.29 is 4.74 Å². The summed E-state index contributed by atoms with van der Waals surface area (Å²) >= 11 is 0. The fourth-order valence-electron chi connectivity index (χ4n) is 7.75. The maximum absolute atomic E-state index is 6.49. The van der Waals surface area contributed by atoms with Gasteiger partial charge in [-0.3, -0.25) is 9.84 Å². The molecule has 0 spiro atoms. The van der Waals surface area contributed by atoms with Crippen LogP contribution in [0.4, 0.5) is 11.4 Å². The van der Waals surface area contributed by atoms with Crippen LogP contribution in [-0.2, 0) is 0 Å². The standard InChI is InChI=1S/C36H22B2N2O/c1-2-11-23(12-3-1)37-36-31(22-21-28-26-15-5-4-13-24(26)25-14-6-7-16-27(25)34(28)36)39-30-18-10-20-33-35(30)38(40(37)39)29-17-8-9-19-32(29)41-33/h1-22H. The highest BCUT2D eigenvalue weighted by atomic mass is 16.5. The van der Waals surface area contributed by atoms with Gasteiger partial charge in [0.1, 0.15) is 11.5 Å². The van der Waals surface area contributed by atoms with Crippen molar-refractivity contribution in [2.45, 2.75) is 0 Å². The number of benzene rings is 7. The summed E-state index contributed by atoms with van der Waals surface area (Å²) < 4.78 is 6.49. The van der Waals surface area contributed by atoms with Crippen LogP contribution < -0.4 is 31.6 Å². The molecule has 5 heteroatoms. The lowest BCUT2D eigenvalue weighted by Gasteiger charge is -2.32. The molecule has 7 aromatic carbocycles. The fraction of sp³-hybridized carbons (Fsp3) is 0. The van der Waals surface area contributed by atoms with Crippen molar-refractivity contribution in [1.29, 1.82) is 0 Å². The van der Waals surface area contributed by atoms with Crippen molar-refractivity contribution in [1.82, 2.24) is 4.83 Å². The molecule has 7 aromatic rings. The topological polar surface area (TPSA) is 15.7 Å². The lowest BCUT2D eigenvalue weighted by Crippen LogP contribution is -2.65. The first-order valence-electron chi connectivity index (χ1n) is 14.3. The van der Waals surface area contributed by atoms with E-state index in [0.717, 1.165) is 11.5 Å². The first kappa shape index (κ1) is 21.8. The Kier molecular flexibility index (Phi) is 4.15. The van der Waals surface area contributed by atoms with E-state index in [-0.39, 0.29) is 13.7 Å². The van der Waals surface area contributed by atoms with Crippen molar-refractivity contribution in [3.63, 3.8) is 0 Å². The first-order chi connectivity index (χ1) is 20.4. The molecule has 0 unspecified atom stereocenters. The van der Waals surface area contributed by atoms with Crippen LogP contribution in [0.1, 0.15) is 0 Å². The van der Waals surface area contributed by atoms with Crippen LogP contribution in [0.5, 0.6) is 11.5 Å². The predicted octanol–water partition coefficient (Wildman–Crippen LogP) is 5.85. The molecular weight excluding hydrogens is 498 g/mol. The lowest BCUT2D eigenvalue weighted by atomic mass is 9.39. The molecule has 0 aromatic heterocycles. The summed E-state index contributed by atoms with van der Waals surface area (Å²) in [6, 6.07) is 48.5. The van der Waals surface area contributed by atoms with Gasteiger partial charge in [-0.1, -0.05) is 115 Å². The average molecular weight is 520 g/mol. The van der Waals surface area contributed by atoms with Crippen LogP contribution in [0.15, 0.2) is 133 Å². The summed E-state index contributed by atoms with van der Waals surface area (Å²) in [6.07, 6.45) is 0. The number of hydrogen-bond acceptors (Lipinski definition) is 3. The van der Waals surface area contributed by atoms with Gasteiger partial charge >= 0.3 is 13.7 Å². The highest BCUT2D eigenvalue weighted by Gasteiger charge is 2.56.